The van der Waals surface area contributed by atoms with Gasteiger partial charge in [0.05, 0.1) is 12.6 Å². The predicted molar refractivity (Wildman–Crippen MR) is 170 cm³/mol. The van der Waals surface area contributed by atoms with E-state index in [1.807, 2.05) is 13.8 Å². The second kappa shape index (κ2) is 19.9. The van der Waals surface area contributed by atoms with E-state index in [1.54, 1.807) is 16.8 Å². The van der Waals surface area contributed by atoms with E-state index in [-0.39, 0.29) is 48.3 Å². The highest BCUT2D eigenvalue weighted by Gasteiger charge is 2.41. The van der Waals surface area contributed by atoms with Crippen LogP contribution in [0.1, 0.15) is 93.4 Å². The lowest BCUT2D eigenvalue weighted by atomic mass is 10.0. The molecule has 0 bridgehead atoms. The van der Waals surface area contributed by atoms with E-state index in [1.165, 1.54) is 32.4 Å². The van der Waals surface area contributed by atoms with Crippen molar-refractivity contribution >= 4 is 24.1 Å². The van der Waals surface area contributed by atoms with Crippen molar-refractivity contribution in [3.63, 3.8) is 0 Å². The van der Waals surface area contributed by atoms with Crippen LogP contribution in [-0.2, 0) is 19.2 Å². The van der Waals surface area contributed by atoms with Crippen LogP contribution >= 0.6 is 0 Å². The number of nitrogens with zero attached hydrogens (tertiary/aromatic N) is 4. The summed E-state index contributed by atoms with van der Waals surface area (Å²) < 4.78 is 0. The molecule has 0 spiro atoms. The zero-order valence-corrected chi connectivity index (χ0v) is 28.2. The fourth-order valence-corrected chi connectivity index (χ4v) is 5.71. The molecule has 244 valence electrons. The molecule has 3 aliphatic heterocycles. The van der Waals surface area contributed by atoms with Crippen molar-refractivity contribution < 1.29 is 19.2 Å². The van der Waals surface area contributed by atoms with Crippen molar-refractivity contribution in [2.75, 3.05) is 53.4 Å². The first-order valence-corrected chi connectivity index (χ1v) is 16.3. The van der Waals surface area contributed by atoms with Crippen LogP contribution in [0.15, 0.2) is 0 Å². The largest absolute Gasteiger partial charge is 0.352 e. The average molecular weight is 595 g/mol. The van der Waals surface area contributed by atoms with Crippen molar-refractivity contribution in [1.29, 1.82) is 0 Å². The topological polar surface area (TPSA) is 105 Å². The molecule has 0 aromatic heterocycles. The van der Waals surface area contributed by atoms with Crippen LogP contribution < -0.4 is 10.6 Å². The van der Waals surface area contributed by atoms with Gasteiger partial charge < -0.3 is 25.3 Å². The van der Waals surface area contributed by atoms with Gasteiger partial charge in [0.15, 0.2) is 0 Å². The lowest BCUT2D eigenvalue weighted by Gasteiger charge is -2.37. The van der Waals surface area contributed by atoms with E-state index >= 15 is 0 Å². The summed E-state index contributed by atoms with van der Waals surface area (Å²) in [5, 5.41) is 5.37. The van der Waals surface area contributed by atoms with E-state index < -0.39 is 6.04 Å². The van der Waals surface area contributed by atoms with E-state index in [2.05, 4.69) is 62.1 Å². The second-order valence-corrected chi connectivity index (χ2v) is 13.4. The number of hydrogen-bond donors (Lipinski definition) is 2. The molecule has 10 heteroatoms. The van der Waals surface area contributed by atoms with Gasteiger partial charge in [-0.1, -0.05) is 41.0 Å². The van der Waals surface area contributed by atoms with E-state index in [0.717, 1.165) is 31.7 Å². The Bertz CT molecular complexity index is 812. The summed E-state index contributed by atoms with van der Waals surface area (Å²) in [5.74, 6) is 0.826. The van der Waals surface area contributed by atoms with Gasteiger partial charge in [-0.15, -0.1) is 0 Å². The first-order valence-electron chi connectivity index (χ1n) is 16.3. The maximum Gasteiger partial charge on any atom is 0.243 e. The molecule has 0 aromatic carbocycles. The minimum absolute atomic E-state index is 0.0259. The fraction of sp³-hybridized carbons (Fsp3) is 0.875. The lowest BCUT2D eigenvalue weighted by Crippen LogP contribution is -2.55. The summed E-state index contributed by atoms with van der Waals surface area (Å²) in [6, 6.07) is -0.684. The molecule has 3 saturated heterocycles. The first-order chi connectivity index (χ1) is 19.8. The van der Waals surface area contributed by atoms with Crippen LogP contribution in [0.3, 0.4) is 0 Å². The Morgan fingerprint density at radius 2 is 1.43 bits per heavy atom. The van der Waals surface area contributed by atoms with Gasteiger partial charge in [-0.3, -0.25) is 24.1 Å². The highest BCUT2D eigenvalue weighted by Crippen LogP contribution is 2.26. The van der Waals surface area contributed by atoms with Gasteiger partial charge in [0.2, 0.25) is 24.1 Å². The van der Waals surface area contributed by atoms with Gasteiger partial charge in [-0.25, -0.2) is 0 Å². The number of piperidine rings is 1. The Labute approximate surface area is 256 Å². The minimum atomic E-state index is -0.392. The standard InChI is InChI=1S/C22H39N5O4.C6H13N.C4H10/c1-15(2)19(25(5)20(29)12-23-14-28)13-26-10-6-9-18(26)22(31)27-11-7-8-17(27)21(30)24-16(3)4;1-7-5-3-2-4-6-7;1-4(2)3/h14-19H,6-13H2,1-5H3,(H,23,28)(H,24,30);2-6H2,1H3;4H,1-3H3/t17?,18-,19+;;/m0../s1. The molecular formula is C32H62N6O4. The summed E-state index contributed by atoms with van der Waals surface area (Å²) in [7, 11) is 3.94. The third-order valence-corrected chi connectivity index (χ3v) is 7.92. The molecule has 42 heavy (non-hydrogen) atoms. The van der Waals surface area contributed by atoms with Crippen LogP contribution in [0.4, 0.5) is 0 Å². The van der Waals surface area contributed by atoms with Crippen molar-refractivity contribution in [2.45, 2.75) is 118 Å². The molecule has 3 aliphatic rings. The van der Waals surface area contributed by atoms with Gasteiger partial charge in [-0.05, 0) is 90.9 Å². The normalized spacial score (nSPS) is 21.8. The molecule has 0 aliphatic carbocycles. The molecule has 3 fully saturated rings. The molecule has 2 N–H and O–H groups in total. The Hall–Kier alpha value is -2.20. The zero-order valence-electron chi connectivity index (χ0n) is 28.2. The number of carbonyl (C=O) groups excluding carboxylic acids is 4. The molecular weight excluding hydrogens is 532 g/mol. The second-order valence-electron chi connectivity index (χ2n) is 13.4. The fourth-order valence-electron chi connectivity index (χ4n) is 5.71. The Morgan fingerprint density at radius 1 is 0.857 bits per heavy atom. The van der Waals surface area contributed by atoms with Crippen molar-refractivity contribution in [3.8, 4) is 0 Å². The van der Waals surface area contributed by atoms with E-state index in [4.69, 9.17) is 0 Å². The zero-order chi connectivity index (χ0) is 31.8. The maximum atomic E-state index is 13.4. The molecule has 3 rings (SSSR count). The number of nitrogens with one attached hydrogen (secondary N) is 2. The Kier molecular flexibility index (Phi) is 17.9. The third-order valence-electron chi connectivity index (χ3n) is 7.92. The Balaban J connectivity index is 0.000000669. The molecule has 0 radical (unpaired) electrons. The van der Waals surface area contributed by atoms with E-state index in [0.29, 0.717) is 25.9 Å². The number of carbonyl (C=O) groups is 4. The lowest BCUT2D eigenvalue weighted by molar-refractivity contribution is -0.142. The van der Waals surface area contributed by atoms with E-state index in [9.17, 15) is 19.2 Å². The van der Waals surface area contributed by atoms with Crippen LogP contribution in [0.2, 0.25) is 0 Å². The summed E-state index contributed by atoms with van der Waals surface area (Å²) in [4.78, 5) is 57.0. The van der Waals surface area contributed by atoms with Crippen LogP contribution in [0.25, 0.3) is 0 Å². The van der Waals surface area contributed by atoms with Crippen LogP contribution in [-0.4, -0.2) is 121 Å². The summed E-state index contributed by atoms with van der Waals surface area (Å²) >= 11 is 0. The smallest absolute Gasteiger partial charge is 0.243 e. The average Bonchev–Trinajstić information content (AvgIpc) is 3.59. The number of hydrogen-bond acceptors (Lipinski definition) is 6. The summed E-state index contributed by atoms with van der Waals surface area (Å²) in [6.07, 6.45) is 8.02. The van der Waals surface area contributed by atoms with Gasteiger partial charge in [0, 0.05) is 32.2 Å². The monoisotopic (exact) mass is 594 g/mol. The van der Waals surface area contributed by atoms with Gasteiger partial charge in [-0.2, -0.15) is 0 Å². The molecule has 1 unspecified atom stereocenters. The third kappa shape index (κ3) is 13.4. The van der Waals surface area contributed by atoms with Crippen molar-refractivity contribution in [2.24, 2.45) is 11.8 Å². The van der Waals surface area contributed by atoms with Gasteiger partial charge in [0.25, 0.3) is 0 Å². The Morgan fingerprint density at radius 3 is 1.93 bits per heavy atom. The maximum absolute atomic E-state index is 13.4. The van der Waals surface area contributed by atoms with Crippen molar-refractivity contribution in [3.05, 3.63) is 0 Å². The number of likely N-dealkylation sites (tertiary alicyclic amines) is 3. The molecule has 3 heterocycles. The quantitative estimate of drug-likeness (QED) is 0.377. The molecule has 10 nitrogen and oxygen atoms in total. The molecule has 0 aromatic rings. The number of rotatable bonds is 10. The number of likely N-dealkylation sites (N-methyl/N-ethyl adjacent to an activating group) is 1. The van der Waals surface area contributed by atoms with Crippen molar-refractivity contribution in [1.82, 2.24) is 30.2 Å². The molecule has 4 amide bonds. The molecule has 3 atom stereocenters. The first kappa shape index (κ1) is 37.8. The van der Waals surface area contributed by atoms with Crippen LogP contribution in [0, 0.1) is 11.8 Å². The highest BCUT2D eigenvalue weighted by molar-refractivity contribution is 5.90. The SMILES string of the molecule is CC(C)C.CC(C)NC(=O)C1CCCN1C(=O)[C@@H]1CCCN1C[C@H](C(C)C)N(C)C(=O)CNC=O.CN1CCCCC1. The minimum Gasteiger partial charge on any atom is -0.352 e. The van der Waals surface area contributed by atoms with Gasteiger partial charge in [0.1, 0.15) is 6.04 Å². The number of amides is 4. The highest BCUT2D eigenvalue weighted by atomic mass is 16.2. The predicted octanol–water partition coefficient (Wildman–Crippen LogP) is 2.96. The summed E-state index contributed by atoms with van der Waals surface area (Å²) in [5.41, 5.74) is 0. The van der Waals surface area contributed by atoms with Gasteiger partial charge >= 0.3 is 0 Å². The van der Waals surface area contributed by atoms with Crippen LogP contribution in [0.5, 0.6) is 0 Å². The summed E-state index contributed by atoms with van der Waals surface area (Å²) in [6.45, 7) is 19.1. The molecule has 0 saturated carbocycles.